The van der Waals surface area contributed by atoms with Gasteiger partial charge in [0.2, 0.25) is 0 Å². The van der Waals surface area contributed by atoms with Gasteiger partial charge in [-0.2, -0.15) is 0 Å². The van der Waals surface area contributed by atoms with E-state index < -0.39 is 5.66 Å². The first kappa shape index (κ1) is 12.9. The fourth-order valence-electron chi connectivity index (χ4n) is 1.65. The van der Waals surface area contributed by atoms with E-state index in [2.05, 4.69) is 13.8 Å². The monoisotopic (exact) mass is 186 g/mol. The summed E-state index contributed by atoms with van der Waals surface area (Å²) in [6, 6.07) is 0. The highest BCUT2D eigenvalue weighted by Crippen LogP contribution is 2.13. The van der Waals surface area contributed by atoms with Gasteiger partial charge in [0.25, 0.3) is 0 Å². The van der Waals surface area contributed by atoms with Crippen LogP contribution in [0.4, 0.5) is 0 Å². The smallest absolute Gasteiger partial charge is 0.0636 e. The van der Waals surface area contributed by atoms with E-state index in [1.165, 1.54) is 32.1 Å². The molecule has 0 fully saturated rings. The highest BCUT2D eigenvalue weighted by atomic mass is 14.9. The standard InChI is InChI=1S/C11H26N2/c1-3-5-6-7-8-10-11(12,13)9-4-2/h3-10,12-13H2,1-2H3. The number of hydrogen-bond acceptors (Lipinski definition) is 2. The van der Waals surface area contributed by atoms with Crippen molar-refractivity contribution in [3.63, 3.8) is 0 Å². The van der Waals surface area contributed by atoms with Crippen molar-refractivity contribution in [3.8, 4) is 0 Å². The predicted octanol–water partition coefficient (Wildman–Crippen LogP) is 2.76. The lowest BCUT2D eigenvalue weighted by Crippen LogP contribution is -2.48. The van der Waals surface area contributed by atoms with Crippen molar-refractivity contribution in [3.05, 3.63) is 0 Å². The maximum atomic E-state index is 5.92. The summed E-state index contributed by atoms with van der Waals surface area (Å²) < 4.78 is 0. The summed E-state index contributed by atoms with van der Waals surface area (Å²) in [5, 5.41) is 0. The summed E-state index contributed by atoms with van der Waals surface area (Å²) in [7, 11) is 0. The van der Waals surface area contributed by atoms with E-state index in [0.29, 0.717) is 0 Å². The van der Waals surface area contributed by atoms with E-state index in [1.807, 2.05) is 0 Å². The topological polar surface area (TPSA) is 52.0 Å². The summed E-state index contributed by atoms with van der Waals surface area (Å²) in [6.45, 7) is 4.36. The Morgan fingerprint density at radius 2 is 1.38 bits per heavy atom. The summed E-state index contributed by atoms with van der Waals surface area (Å²) in [4.78, 5) is 0. The highest BCUT2D eigenvalue weighted by molar-refractivity contribution is 4.75. The summed E-state index contributed by atoms with van der Waals surface area (Å²) in [5.74, 6) is 0. The van der Waals surface area contributed by atoms with Crippen LogP contribution in [0, 0.1) is 0 Å². The normalized spacial score (nSPS) is 12.0. The average molecular weight is 186 g/mol. The third-order valence-electron chi connectivity index (χ3n) is 2.46. The molecule has 0 bridgehead atoms. The van der Waals surface area contributed by atoms with Crippen LogP contribution in [0.5, 0.6) is 0 Å². The molecule has 0 aliphatic carbocycles. The average Bonchev–Trinajstić information content (AvgIpc) is 2.04. The molecule has 0 radical (unpaired) electrons. The third-order valence-corrected chi connectivity index (χ3v) is 2.46. The molecule has 4 N–H and O–H groups in total. The predicted molar refractivity (Wildman–Crippen MR) is 59.4 cm³/mol. The lowest BCUT2D eigenvalue weighted by molar-refractivity contribution is 0.357. The number of hydrogen-bond donors (Lipinski definition) is 2. The Morgan fingerprint density at radius 3 is 1.92 bits per heavy atom. The zero-order chi connectivity index (χ0) is 10.2. The molecular formula is C11H26N2. The quantitative estimate of drug-likeness (QED) is 0.452. The van der Waals surface area contributed by atoms with Gasteiger partial charge in [-0.05, 0) is 12.8 Å². The van der Waals surface area contributed by atoms with Crippen LogP contribution in [0.1, 0.15) is 65.2 Å². The maximum absolute atomic E-state index is 5.92. The third kappa shape index (κ3) is 8.26. The fourth-order valence-corrected chi connectivity index (χ4v) is 1.65. The summed E-state index contributed by atoms with van der Waals surface area (Å²) in [6.07, 6.45) is 9.45. The van der Waals surface area contributed by atoms with Crippen LogP contribution < -0.4 is 11.5 Å². The molecule has 2 heteroatoms. The maximum Gasteiger partial charge on any atom is 0.0636 e. The Bertz CT molecular complexity index is 111. The van der Waals surface area contributed by atoms with Crippen LogP contribution in [0.2, 0.25) is 0 Å². The van der Waals surface area contributed by atoms with Gasteiger partial charge in [0.05, 0.1) is 5.66 Å². The van der Waals surface area contributed by atoms with E-state index in [4.69, 9.17) is 11.5 Å². The first-order valence-electron chi connectivity index (χ1n) is 5.70. The molecule has 0 rings (SSSR count). The molecule has 2 nitrogen and oxygen atoms in total. The number of nitrogens with two attached hydrogens (primary N) is 2. The molecule has 0 spiro atoms. The molecular weight excluding hydrogens is 160 g/mol. The second-order valence-electron chi connectivity index (χ2n) is 4.15. The van der Waals surface area contributed by atoms with Gasteiger partial charge in [-0.25, -0.2) is 0 Å². The highest BCUT2D eigenvalue weighted by Gasteiger charge is 2.16. The molecule has 0 aliphatic rings. The van der Waals surface area contributed by atoms with Crippen LogP contribution in [-0.2, 0) is 0 Å². The minimum atomic E-state index is -0.402. The van der Waals surface area contributed by atoms with E-state index >= 15 is 0 Å². The Balaban J connectivity index is 3.29. The van der Waals surface area contributed by atoms with Crippen molar-refractivity contribution in [2.45, 2.75) is 70.9 Å². The van der Waals surface area contributed by atoms with Gasteiger partial charge in [0, 0.05) is 0 Å². The van der Waals surface area contributed by atoms with E-state index in [-0.39, 0.29) is 0 Å². The van der Waals surface area contributed by atoms with Gasteiger partial charge in [-0.3, -0.25) is 0 Å². The van der Waals surface area contributed by atoms with Gasteiger partial charge in [0.1, 0.15) is 0 Å². The molecule has 0 amide bonds. The van der Waals surface area contributed by atoms with E-state index in [0.717, 1.165) is 19.3 Å². The second kappa shape index (κ2) is 7.34. The molecule has 0 aromatic carbocycles. The molecule has 0 saturated carbocycles. The fraction of sp³-hybridized carbons (Fsp3) is 1.00. The summed E-state index contributed by atoms with van der Waals surface area (Å²) >= 11 is 0. The van der Waals surface area contributed by atoms with Gasteiger partial charge < -0.3 is 11.5 Å². The Morgan fingerprint density at radius 1 is 0.769 bits per heavy atom. The van der Waals surface area contributed by atoms with Crippen LogP contribution in [0.25, 0.3) is 0 Å². The molecule has 13 heavy (non-hydrogen) atoms. The molecule has 0 saturated heterocycles. The lowest BCUT2D eigenvalue weighted by Gasteiger charge is -2.23. The molecule has 0 aliphatic heterocycles. The zero-order valence-electron chi connectivity index (χ0n) is 9.31. The number of unbranched alkanes of at least 4 members (excludes halogenated alkanes) is 4. The largest absolute Gasteiger partial charge is 0.313 e. The first-order valence-corrected chi connectivity index (χ1v) is 5.70. The Labute approximate surface area is 83.1 Å². The van der Waals surface area contributed by atoms with E-state index in [9.17, 15) is 0 Å². The van der Waals surface area contributed by atoms with Crippen LogP contribution in [-0.4, -0.2) is 5.66 Å². The van der Waals surface area contributed by atoms with Gasteiger partial charge in [-0.1, -0.05) is 52.4 Å². The van der Waals surface area contributed by atoms with E-state index in [1.54, 1.807) is 0 Å². The first-order chi connectivity index (χ1) is 6.12. The van der Waals surface area contributed by atoms with Crippen molar-refractivity contribution >= 4 is 0 Å². The lowest BCUT2D eigenvalue weighted by atomic mass is 9.98. The van der Waals surface area contributed by atoms with Crippen LogP contribution in [0.3, 0.4) is 0 Å². The molecule has 80 valence electrons. The number of rotatable bonds is 8. The van der Waals surface area contributed by atoms with Crippen molar-refractivity contribution in [2.75, 3.05) is 0 Å². The minimum absolute atomic E-state index is 0.402. The van der Waals surface area contributed by atoms with Crippen LogP contribution >= 0.6 is 0 Å². The molecule has 0 unspecified atom stereocenters. The molecule has 0 heterocycles. The Hall–Kier alpha value is -0.0800. The van der Waals surface area contributed by atoms with Crippen molar-refractivity contribution in [1.82, 2.24) is 0 Å². The molecule has 0 atom stereocenters. The van der Waals surface area contributed by atoms with Gasteiger partial charge >= 0.3 is 0 Å². The zero-order valence-corrected chi connectivity index (χ0v) is 9.31. The molecule has 0 aromatic heterocycles. The minimum Gasteiger partial charge on any atom is -0.313 e. The van der Waals surface area contributed by atoms with Crippen molar-refractivity contribution in [2.24, 2.45) is 11.5 Å². The molecule has 0 aromatic rings. The van der Waals surface area contributed by atoms with Crippen molar-refractivity contribution in [1.29, 1.82) is 0 Å². The SMILES string of the molecule is CCCCCCCC(N)(N)CCC. The summed E-state index contributed by atoms with van der Waals surface area (Å²) in [5.41, 5.74) is 11.4. The van der Waals surface area contributed by atoms with Gasteiger partial charge in [-0.15, -0.1) is 0 Å². The van der Waals surface area contributed by atoms with Gasteiger partial charge in [0.15, 0.2) is 0 Å². The Kier molecular flexibility index (Phi) is 7.29. The van der Waals surface area contributed by atoms with Crippen LogP contribution in [0.15, 0.2) is 0 Å². The van der Waals surface area contributed by atoms with Crippen molar-refractivity contribution < 1.29 is 0 Å². The second-order valence-corrected chi connectivity index (χ2v) is 4.15.